The topological polar surface area (TPSA) is 22.2 Å². The van der Waals surface area contributed by atoms with Crippen LogP contribution in [0.15, 0.2) is 152 Å². The van der Waals surface area contributed by atoms with Crippen molar-refractivity contribution in [2.45, 2.75) is 0 Å². The van der Waals surface area contributed by atoms with E-state index in [2.05, 4.69) is 136 Å². The van der Waals surface area contributed by atoms with Gasteiger partial charge in [-0.15, -0.1) is 11.3 Å². The van der Waals surface area contributed by atoms with Crippen molar-refractivity contribution in [1.29, 1.82) is 0 Å². The molecule has 0 radical (unpaired) electrons. The predicted molar refractivity (Wildman–Crippen MR) is 200 cm³/mol. The number of nitrogens with zero attached hydrogens (tertiary/aromatic N) is 3. The van der Waals surface area contributed by atoms with Crippen molar-refractivity contribution in [3.8, 4) is 16.9 Å². The first-order valence-electron chi connectivity index (χ1n) is 16.0. The minimum absolute atomic E-state index is 0.950. The van der Waals surface area contributed by atoms with Crippen LogP contribution in [0.3, 0.4) is 0 Å². The Morgan fingerprint density at radius 1 is 0.468 bits per heavy atom. The van der Waals surface area contributed by atoms with Crippen molar-refractivity contribution in [2.75, 3.05) is 0 Å². The van der Waals surface area contributed by atoms with E-state index < -0.39 is 0 Å². The van der Waals surface area contributed by atoms with Crippen LogP contribution in [0.5, 0.6) is 0 Å². The van der Waals surface area contributed by atoms with E-state index in [0.717, 1.165) is 22.6 Å². The summed E-state index contributed by atoms with van der Waals surface area (Å²) >= 11 is 1.92. The summed E-state index contributed by atoms with van der Waals surface area (Å²) < 4.78 is 7.29. The van der Waals surface area contributed by atoms with E-state index in [1.807, 2.05) is 35.7 Å². The standard InChI is InChI=1S/C43H25N3S/c1-3-13-30-28(11-1)29-12-2-5-15-32(29)41-39(30)40-42(33-16-6-4-14-31(33)38-34-17-7-8-18-36(34)47-43(38)40)46(41)27-22-20-26(21-23-27)35-25-45-24-10-9-19-37(45)44-35/h1-25H. The molecule has 11 aromatic rings. The summed E-state index contributed by atoms with van der Waals surface area (Å²) in [6, 6.07) is 50.8. The average molecular weight is 616 g/mol. The van der Waals surface area contributed by atoms with Gasteiger partial charge >= 0.3 is 0 Å². The summed E-state index contributed by atoms with van der Waals surface area (Å²) in [6.45, 7) is 0. The molecular weight excluding hydrogens is 591 g/mol. The third-order valence-electron chi connectivity index (χ3n) is 9.90. The molecule has 0 atom stereocenters. The highest BCUT2D eigenvalue weighted by Crippen LogP contribution is 2.51. The van der Waals surface area contributed by atoms with Gasteiger partial charge in [0.1, 0.15) is 5.65 Å². The van der Waals surface area contributed by atoms with Gasteiger partial charge in [-0.05, 0) is 51.9 Å². The number of hydrogen-bond donors (Lipinski definition) is 0. The quantitative estimate of drug-likeness (QED) is 0.177. The largest absolute Gasteiger partial charge is 0.308 e. The van der Waals surface area contributed by atoms with Crippen molar-refractivity contribution >= 4 is 91.3 Å². The normalized spacial score (nSPS) is 12.3. The first-order chi connectivity index (χ1) is 23.3. The van der Waals surface area contributed by atoms with Crippen LogP contribution in [0.1, 0.15) is 0 Å². The summed E-state index contributed by atoms with van der Waals surface area (Å²) in [5, 5.41) is 13.0. The first-order valence-corrected chi connectivity index (χ1v) is 16.8. The van der Waals surface area contributed by atoms with Crippen molar-refractivity contribution in [1.82, 2.24) is 14.0 Å². The molecule has 0 saturated carbocycles. The second-order valence-corrected chi connectivity index (χ2v) is 13.4. The summed E-state index contributed by atoms with van der Waals surface area (Å²) in [5.74, 6) is 0. The van der Waals surface area contributed by atoms with Gasteiger partial charge in [0.05, 0.1) is 16.7 Å². The average Bonchev–Trinajstić information content (AvgIpc) is 3.84. The van der Waals surface area contributed by atoms with E-state index in [1.54, 1.807) is 0 Å². The highest BCUT2D eigenvalue weighted by Gasteiger charge is 2.24. The van der Waals surface area contributed by atoms with Gasteiger partial charge in [-0.2, -0.15) is 0 Å². The monoisotopic (exact) mass is 615 g/mol. The molecule has 0 N–H and O–H groups in total. The van der Waals surface area contributed by atoms with Crippen LogP contribution in [0.4, 0.5) is 0 Å². The number of aromatic nitrogens is 3. The van der Waals surface area contributed by atoms with Gasteiger partial charge in [0, 0.05) is 65.4 Å². The fraction of sp³-hybridized carbons (Fsp3) is 0. The predicted octanol–water partition coefficient (Wildman–Crippen LogP) is 11.9. The molecule has 0 aliphatic carbocycles. The lowest BCUT2D eigenvalue weighted by atomic mass is 9.95. The Hall–Kier alpha value is -5.97. The van der Waals surface area contributed by atoms with Gasteiger partial charge in [0.15, 0.2) is 0 Å². The maximum Gasteiger partial charge on any atom is 0.137 e. The minimum atomic E-state index is 0.950. The van der Waals surface area contributed by atoms with Crippen molar-refractivity contribution in [3.63, 3.8) is 0 Å². The molecular formula is C43H25N3S. The third kappa shape index (κ3) is 3.37. The molecule has 0 amide bonds. The van der Waals surface area contributed by atoms with Gasteiger partial charge in [0.25, 0.3) is 0 Å². The maximum atomic E-state index is 4.90. The van der Waals surface area contributed by atoms with E-state index in [4.69, 9.17) is 4.98 Å². The molecule has 3 nitrogen and oxygen atoms in total. The molecule has 0 saturated heterocycles. The molecule has 218 valence electrons. The molecule has 4 heterocycles. The van der Waals surface area contributed by atoms with Crippen molar-refractivity contribution < 1.29 is 0 Å². The Morgan fingerprint density at radius 3 is 1.79 bits per heavy atom. The molecule has 0 fully saturated rings. The summed E-state index contributed by atoms with van der Waals surface area (Å²) in [5.41, 5.74) is 6.68. The molecule has 0 spiro atoms. The van der Waals surface area contributed by atoms with E-state index in [-0.39, 0.29) is 0 Å². The van der Waals surface area contributed by atoms with E-state index in [0.29, 0.717) is 0 Å². The van der Waals surface area contributed by atoms with Crippen LogP contribution in [0.25, 0.3) is 96.9 Å². The van der Waals surface area contributed by atoms with Gasteiger partial charge in [-0.3, -0.25) is 0 Å². The minimum Gasteiger partial charge on any atom is -0.308 e. The zero-order valence-electron chi connectivity index (χ0n) is 25.2. The molecule has 0 aliphatic rings. The lowest BCUT2D eigenvalue weighted by Gasteiger charge is -2.13. The SMILES string of the molecule is c1ccc2c(c1)sc1c2c2ccccc2c2c1c1c3ccccc3c3ccccc3c1n2-c1ccc(-c2cn3ccccc3n2)cc1. The Bertz CT molecular complexity index is 3030. The molecule has 0 unspecified atom stereocenters. The van der Waals surface area contributed by atoms with E-state index in [1.165, 1.54) is 74.3 Å². The van der Waals surface area contributed by atoms with Crippen LogP contribution < -0.4 is 0 Å². The number of hydrogen-bond acceptors (Lipinski definition) is 2. The van der Waals surface area contributed by atoms with Gasteiger partial charge in [-0.25, -0.2) is 4.98 Å². The van der Waals surface area contributed by atoms with Crippen LogP contribution in [0, 0.1) is 0 Å². The maximum absolute atomic E-state index is 4.90. The number of rotatable bonds is 2. The first kappa shape index (κ1) is 25.2. The molecule has 0 aliphatic heterocycles. The van der Waals surface area contributed by atoms with Crippen LogP contribution >= 0.6 is 11.3 Å². The Morgan fingerprint density at radius 2 is 1.04 bits per heavy atom. The molecule has 4 aromatic heterocycles. The lowest BCUT2D eigenvalue weighted by molar-refractivity contribution is 1.19. The molecule has 0 bridgehead atoms. The fourth-order valence-electron chi connectivity index (χ4n) is 7.94. The van der Waals surface area contributed by atoms with Crippen LogP contribution in [-0.2, 0) is 0 Å². The van der Waals surface area contributed by atoms with E-state index >= 15 is 0 Å². The highest BCUT2D eigenvalue weighted by atomic mass is 32.1. The van der Waals surface area contributed by atoms with Gasteiger partial charge in [0.2, 0.25) is 0 Å². The van der Waals surface area contributed by atoms with Crippen LogP contribution in [0.2, 0.25) is 0 Å². The highest BCUT2D eigenvalue weighted by molar-refractivity contribution is 7.27. The Labute approximate surface area is 273 Å². The van der Waals surface area contributed by atoms with E-state index in [9.17, 15) is 0 Å². The van der Waals surface area contributed by atoms with Crippen LogP contribution in [-0.4, -0.2) is 14.0 Å². The number of benzene rings is 7. The molecule has 47 heavy (non-hydrogen) atoms. The molecule has 7 aromatic carbocycles. The fourth-order valence-corrected chi connectivity index (χ4v) is 9.21. The van der Waals surface area contributed by atoms with Gasteiger partial charge < -0.3 is 8.97 Å². The number of imidazole rings is 1. The van der Waals surface area contributed by atoms with Crippen molar-refractivity contribution in [3.05, 3.63) is 152 Å². The Kier molecular flexibility index (Phi) is 4.99. The smallest absolute Gasteiger partial charge is 0.137 e. The third-order valence-corrected chi connectivity index (χ3v) is 11.1. The summed E-state index contributed by atoms with van der Waals surface area (Å²) in [4.78, 5) is 4.90. The number of thiophene rings is 1. The molecule has 4 heteroatoms. The van der Waals surface area contributed by atoms with Crippen molar-refractivity contribution in [2.24, 2.45) is 0 Å². The Balaban J connectivity index is 1.36. The molecule has 11 rings (SSSR count). The van der Waals surface area contributed by atoms with Gasteiger partial charge in [-0.1, -0.05) is 109 Å². The number of fused-ring (bicyclic) bond motifs is 16. The summed E-state index contributed by atoms with van der Waals surface area (Å²) in [6.07, 6.45) is 4.16. The summed E-state index contributed by atoms with van der Waals surface area (Å²) in [7, 11) is 0. The second kappa shape index (κ2) is 9.29. The lowest BCUT2D eigenvalue weighted by Crippen LogP contribution is -1.96. The zero-order valence-corrected chi connectivity index (χ0v) is 26.0. The second-order valence-electron chi connectivity index (χ2n) is 12.4. The zero-order chi connectivity index (χ0) is 30.6. The number of pyridine rings is 1.